The lowest BCUT2D eigenvalue weighted by Gasteiger charge is -2.20. The van der Waals surface area contributed by atoms with Gasteiger partial charge in [0.2, 0.25) is 40.1 Å². The van der Waals surface area contributed by atoms with Gasteiger partial charge in [0, 0.05) is 51.9 Å². The van der Waals surface area contributed by atoms with Crippen LogP contribution in [-0.2, 0) is 40.1 Å². The quantitative estimate of drug-likeness (QED) is 0.0720. The maximum absolute atomic E-state index is 14.1. The van der Waals surface area contributed by atoms with E-state index in [1.54, 1.807) is 0 Å². The lowest BCUT2D eigenvalue weighted by Crippen LogP contribution is -2.36. The van der Waals surface area contributed by atoms with Crippen LogP contribution in [0.25, 0.3) is 0 Å². The van der Waals surface area contributed by atoms with Gasteiger partial charge in [0.1, 0.15) is 19.6 Å². The van der Waals surface area contributed by atoms with Gasteiger partial charge in [-0.05, 0) is 63.5 Å². The van der Waals surface area contributed by atoms with Gasteiger partial charge < -0.3 is 0 Å². The molecule has 0 saturated heterocycles. The molecule has 1 rings (SSSR count). The Balaban J connectivity index is 3.73. The van der Waals surface area contributed by atoms with Crippen LogP contribution in [0.1, 0.15) is 128 Å². The standard InChI is InChI=1S/C34H54N8O8S4/c35-23-13-5-1-9-17-27-39-51(43,44)31-21-22-32(52(45,46)40-28-18-10-2-6-14-24-36)34(54(49,50)42-30-20-12-4-8-16-26-38)33(31)53(47,48)41-29-19-11-3-7-15-25-37/h21-22,39-42H,1-20,27-30H2. The zero-order valence-electron chi connectivity index (χ0n) is 30.8. The van der Waals surface area contributed by atoms with Crippen LogP contribution in [-0.4, -0.2) is 59.9 Å². The van der Waals surface area contributed by atoms with E-state index in [2.05, 4.69) is 18.9 Å². The van der Waals surface area contributed by atoms with Crippen molar-refractivity contribution in [2.45, 2.75) is 148 Å². The summed E-state index contributed by atoms with van der Waals surface area (Å²) in [5.74, 6) is 0. The van der Waals surface area contributed by atoms with E-state index >= 15 is 0 Å². The molecule has 0 bridgehead atoms. The molecule has 0 aromatic heterocycles. The summed E-state index contributed by atoms with van der Waals surface area (Å²) < 4.78 is 121. The van der Waals surface area contributed by atoms with Gasteiger partial charge in [-0.1, -0.05) is 51.4 Å². The first-order chi connectivity index (χ1) is 25.7. The molecule has 0 aliphatic carbocycles. The van der Waals surface area contributed by atoms with Crippen LogP contribution in [0.4, 0.5) is 0 Å². The third kappa shape index (κ3) is 18.4. The van der Waals surface area contributed by atoms with Crippen molar-refractivity contribution in [1.29, 1.82) is 21.0 Å². The second-order valence-corrected chi connectivity index (χ2v) is 19.5. The largest absolute Gasteiger partial charge is 0.243 e. The van der Waals surface area contributed by atoms with Crippen LogP contribution < -0.4 is 18.9 Å². The molecule has 0 heterocycles. The van der Waals surface area contributed by atoms with Crippen LogP contribution in [0, 0.1) is 45.3 Å². The smallest absolute Gasteiger partial charge is 0.211 e. The number of nitriles is 4. The molecule has 16 nitrogen and oxygen atoms in total. The molecule has 0 fully saturated rings. The van der Waals surface area contributed by atoms with E-state index in [0.717, 1.165) is 12.1 Å². The molecule has 0 atom stereocenters. The number of rotatable bonds is 32. The summed E-state index contributed by atoms with van der Waals surface area (Å²) in [7, 11) is -19.5. The van der Waals surface area contributed by atoms with E-state index in [1.807, 2.05) is 24.3 Å². The number of nitrogens with one attached hydrogen (secondary N) is 4. The minimum absolute atomic E-state index is 0.132. The highest BCUT2D eigenvalue weighted by Gasteiger charge is 2.39. The summed E-state index contributed by atoms with van der Waals surface area (Å²) in [6.45, 7) is -0.707. The monoisotopic (exact) mass is 830 g/mol. The Morgan fingerprint density at radius 3 is 0.815 bits per heavy atom. The van der Waals surface area contributed by atoms with Crippen LogP contribution in [0.3, 0.4) is 0 Å². The van der Waals surface area contributed by atoms with Crippen LogP contribution in [0.2, 0.25) is 0 Å². The normalized spacial score (nSPS) is 12.1. The van der Waals surface area contributed by atoms with E-state index in [-0.39, 0.29) is 39.0 Å². The van der Waals surface area contributed by atoms with E-state index in [9.17, 15) is 33.7 Å². The van der Waals surface area contributed by atoms with Crippen LogP contribution >= 0.6 is 0 Å². The number of hydrogen-bond donors (Lipinski definition) is 4. The number of benzene rings is 1. The fourth-order valence-electron chi connectivity index (χ4n) is 5.32. The molecule has 20 heteroatoms. The Bertz CT molecular complexity index is 1770. The number of hydrogen-bond acceptors (Lipinski definition) is 12. The molecule has 1 aromatic rings. The fraction of sp³-hybridized carbons (Fsp3) is 0.706. The summed E-state index contributed by atoms with van der Waals surface area (Å²) in [5, 5.41) is 35.0. The van der Waals surface area contributed by atoms with Crippen LogP contribution in [0.5, 0.6) is 0 Å². The van der Waals surface area contributed by atoms with Gasteiger partial charge in [0.15, 0.2) is 0 Å². The summed E-state index contributed by atoms with van der Waals surface area (Å²) in [4.78, 5) is -4.34. The third-order valence-corrected chi connectivity index (χ3v) is 14.7. The zero-order valence-corrected chi connectivity index (χ0v) is 34.1. The van der Waals surface area contributed by atoms with Crippen molar-refractivity contribution in [3.05, 3.63) is 12.1 Å². The molecule has 302 valence electrons. The summed E-state index contributed by atoms with van der Waals surface area (Å²) in [6, 6.07) is 9.65. The van der Waals surface area contributed by atoms with Crippen molar-refractivity contribution in [3.8, 4) is 24.3 Å². The lowest BCUT2D eigenvalue weighted by molar-refractivity contribution is 0.542. The topological polar surface area (TPSA) is 280 Å². The van der Waals surface area contributed by atoms with Gasteiger partial charge in [-0.25, -0.2) is 52.6 Å². The van der Waals surface area contributed by atoms with Gasteiger partial charge in [0.25, 0.3) is 0 Å². The minimum Gasteiger partial charge on any atom is -0.211 e. The van der Waals surface area contributed by atoms with Crippen molar-refractivity contribution in [2.24, 2.45) is 0 Å². The highest BCUT2D eigenvalue weighted by atomic mass is 32.2. The van der Waals surface area contributed by atoms with Gasteiger partial charge >= 0.3 is 0 Å². The fourth-order valence-corrected chi connectivity index (χ4v) is 12.2. The Morgan fingerprint density at radius 2 is 0.574 bits per heavy atom. The Labute approximate surface area is 322 Å². The van der Waals surface area contributed by atoms with Crippen molar-refractivity contribution in [1.82, 2.24) is 18.9 Å². The van der Waals surface area contributed by atoms with Gasteiger partial charge in [-0.3, -0.25) is 0 Å². The minimum atomic E-state index is -5.02. The molecule has 0 unspecified atom stereocenters. The second-order valence-electron chi connectivity index (χ2n) is 12.6. The van der Waals surface area contributed by atoms with Gasteiger partial charge in [0.05, 0.1) is 24.3 Å². The Morgan fingerprint density at radius 1 is 0.352 bits per heavy atom. The van der Waals surface area contributed by atoms with E-state index < -0.39 is 59.7 Å². The predicted octanol–water partition coefficient (Wildman–Crippen LogP) is 4.70. The molecule has 0 spiro atoms. The SMILES string of the molecule is N#CCCCCCCNS(=O)(=O)c1ccc(S(=O)(=O)NCCCCCCC#N)c(S(=O)(=O)NCCCCCCC#N)c1S(=O)(=O)NCCCCCCC#N. The first-order valence-electron chi connectivity index (χ1n) is 18.3. The average Bonchev–Trinajstić information content (AvgIpc) is 3.12. The first kappa shape index (κ1) is 48.8. The lowest BCUT2D eigenvalue weighted by atomic mass is 10.1. The summed E-state index contributed by atoms with van der Waals surface area (Å²) >= 11 is 0. The summed E-state index contributed by atoms with van der Waals surface area (Å²) in [6.07, 6.45) is 9.69. The van der Waals surface area contributed by atoms with E-state index in [1.165, 1.54) is 0 Å². The molecule has 0 radical (unpaired) electrons. The van der Waals surface area contributed by atoms with Crippen molar-refractivity contribution < 1.29 is 33.7 Å². The number of sulfonamides is 4. The number of unbranched alkanes of at least 4 members (excludes halogenated alkanes) is 16. The first-order valence-corrected chi connectivity index (χ1v) is 24.3. The Hall–Kier alpha value is -3.18. The molecular formula is C34H54N8O8S4. The molecule has 0 saturated carbocycles. The molecule has 0 aliphatic rings. The highest BCUT2D eigenvalue weighted by Crippen LogP contribution is 2.34. The molecule has 4 N–H and O–H groups in total. The predicted molar refractivity (Wildman–Crippen MR) is 202 cm³/mol. The van der Waals surface area contributed by atoms with Crippen molar-refractivity contribution in [2.75, 3.05) is 26.2 Å². The molecule has 1 aromatic carbocycles. The maximum atomic E-state index is 14.1. The highest BCUT2D eigenvalue weighted by molar-refractivity contribution is 7.95. The number of nitrogens with zero attached hydrogens (tertiary/aromatic N) is 4. The van der Waals surface area contributed by atoms with Gasteiger partial charge in [-0.15, -0.1) is 0 Å². The third-order valence-electron chi connectivity index (χ3n) is 8.19. The zero-order chi connectivity index (χ0) is 40.4. The van der Waals surface area contributed by atoms with Gasteiger partial charge in [-0.2, -0.15) is 21.0 Å². The maximum Gasteiger partial charge on any atom is 0.243 e. The molecule has 0 aliphatic heterocycles. The van der Waals surface area contributed by atoms with Crippen molar-refractivity contribution >= 4 is 40.1 Å². The second kappa shape index (κ2) is 26.6. The molecule has 0 amide bonds. The average molecular weight is 831 g/mol. The molecule has 54 heavy (non-hydrogen) atoms. The Kier molecular flexibility index (Phi) is 24.1. The van der Waals surface area contributed by atoms with Crippen molar-refractivity contribution in [3.63, 3.8) is 0 Å². The molecular weight excluding hydrogens is 777 g/mol. The summed E-state index contributed by atoms with van der Waals surface area (Å²) in [5.41, 5.74) is 0. The van der Waals surface area contributed by atoms with Crippen LogP contribution in [0.15, 0.2) is 31.7 Å². The van der Waals surface area contributed by atoms with E-state index in [4.69, 9.17) is 21.0 Å². The van der Waals surface area contributed by atoms with E-state index in [0.29, 0.717) is 116 Å².